The molecule has 1 saturated carbocycles. The van der Waals surface area contributed by atoms with Gasteiger partial charge in [0.2, 0.25) is 0 Å². The summed E-state index contributed by atoms with van der Waals surface area (Å²) in [7, 11) is 3.51. The Morgan fingerprint density at radius 1 is 1.12 bits per heavy atom. The quantitative estimate of drug-likeness (QED) is 0.874. The average molecular weight is 353 g/mol. The van der Waals surface area contributed by atoms with Crippen LogP contribution in [0.15, 0.2) is 42.5 Å². The van der Waals surface area contributed by atoms with Crippen LogP contribution in [-0.4, -0.2) is 36.1 Å². The number of benzene rings is 2. The SMILES string of the molecule is COc1ccc(-c2cccc(C(=O)N(C)C3CCCCC3)c2)cc1CO. The van der Waals surface area contributed by atoms with Crippen molar-refractivity contribution in [2.75, 3.05) is 14.2 Å². The van der Waals surface area contributed by atoms with Gasteiger partial charge >= 0.3 is 0 Å². The number of ether oxygens (including phenoxy) is 1. The maximum absolute atomic E-state index is 12.9. The Bertz CT molecular complexity index is 766. The molecule has 0 atom stereocenters. The summed E-state index contributed by atoms with van der Waals surface area (Å²) in [6.07, 6.45) is 5.88. The maximum atomic E-state index is 12.9. The van der Waals surface area contributed by atoms with E-state index in [-0.39, 0.29) is 12.5 Å². The van der Waals surface area contributed by atoms with Crippen LogP contribution < -0.4 is 4.74 Å². The summed E-state index contributed by atoms with van der Waals surface area (Å²) in [6, 6.07) is 13.8. The van der Waals surface area contributed by atoms with E-state index in [9.17, 15) is 9.90 Å². The lowest BCUT2D eigenvalue weighted by atomic mass is 9.94. The van der Waals surface area contributed by atoms with Crippen LogP contribution in [0.4, 0.5) is 0 Å². The first-order chi connectivity index (χ1) is 12.6. The zero-order valence-corrected chi connectivity index (χ0v) is 15.6. The summed E-state index contributed by atoms with van der Waals surface area (Å²) in [5.74, 6) is 0.746. The Labute approximate surface area is 155 Å². The molecule has 4 heteroatoms. The molecule has 0 unspecified atom stereocenters. The van der Waals surface area contributed by atoms with E-state index in [0.29, 0.717) is 17.4 Å². The molecule has 0 saturated heterocycles. The number of rotatable bonds is 5. The van der Waals surface area contributed by atoms with E-state index < -0.39 is 0 Å². The third-order valence-corrected chi connectivity index (χ3v) is 5.34. The summed E-state index contributed by atoms with van der Waals surface area (Å²) < 4.78 is 5.27. The number of amides is 1. The number of carbonyl (C=O) groups is 1. The second-order valence-electron chi connectivity index (χ2n) is 6.97. The molecule has 0 aliphatic heterocycles. The van der Waals surface area contributed by atoms with Crippen LogP contribution in [0.1, 0.15) is 48.0 Å². The first-order valence-corrected chi connectivity index (χ1v) is 9.29. The summed E-state index contributed by atoms with van der Waals surface area (Å²) in [6.45, 7) is -0.0833. The van der Waals surface area contributed by atoms with Gasteiger partial charge in [-0.3, -0.25) is 4.79 Å². The van der Waals surface area contributed by atoms with E-state index in [0.717, 1.165) is 29.5 Å². The second-order valence-corrected chi connectivity index (χ2v) is 6.97. The number of hydrogen-bond acceptors (Lipinski definition) is 3. The van der Waals surface area contributed by atoms with E-state index in [1.807, 2.05) is 54.4 Å². The number of methoxy groups -OCH3 is 1. The largest absolute Gasteiger partial charge is 0.496 e. The van der Waals surface area contributed by atoms with Gasteiger partial charge in [0.25, 0.3) is 5.91 Å². The van der Waals surface area contributed by atoms with Crippen molar-refractivity contribution in [3.8, 4) is 16.9 Å². The van der Waals surface area contributed by atoms with Crippen molar-refractivity contribution >= 4 is 5.91 Å². The third kappa shape index (κ3) is 3.91. The van der Waals surface area contributed by atoms with E-state index in [1.54, 1.807) is 7.11 Å². The number of carbonyl (C=O) groups excluding carboxylic acids is 1. The Hall–Kier alpha value is -2.33. The summed E-state index contributed by atoms with van der Waals surface area (Å²) in [5, 5.41) is 9.54. The minimum atomic E-state index is -0.0833. The number of nitrogens with zero attached hydrogens (tertiary/aromatic N) is 1. The molecule has 0 aromatic heterocycles. The molecule has 1 aliphatic carbocycles. The van der Waals surface area contributed by atoms with Crippen LogP contribution in [0.5, 0.6) is 5.75 Å². The molecule has 0 radical (unpaired) electrons. The van der Waals surface area contributed by atoms with Gasteiger partial charge in [0, 0.05) is 24.2 Å². The van der Waals surface area contributed by atoms with Crippen LogP contribution in [0.25, 0.3) is 11.1 Å². The van der Waals surface area contributed by atoms with Crippen LogP contribution in [-0.2, 0) is 6.61 Å². The summed E-state index contributed by atoms with van der Waals surface area (Å²) >= 11 is 0. The fourth-order valence-electron chi connectivity index (χ4n) is 3.75. The molecule has 0 heterocycles. The monoisotopic (exact) mass is 353 g/mol. The zero-order chi connectivity index (χ0) is 18.5. The fourth-order valence-corrected chi connectivity index (χ4v) is 3.75. The van der Waals surface area contributed by atoms with Gasteiger partial charge in [0.05, 0.1) is 13.7 Å². The average Bonchev–Trinajstić information content (AvgIpc) is 2.72. The predicted molar refractivity (Wildman–Crippen MR) is 103 cm³/mol. The Kier molecular flexibility index (Phi) is 5.94. The van der Waals surface area contributed by atoms with E-state index in [1.165, 1.54) is 19.3 Å². The van der Waals surface area contributed by atoms with Crippen molar-refractivity contribution in [1.29, 1.82) is 0 Å². The summed E-state index contributed by atoms with van der Waals surface area (Å²) in [4.78, 5) is 14.8. The van der Waals surface area contributed by atoms with Gasteiger partial charge in [0.15, 0.2) is 0 Å². The molecule has 0 bridgehead atoms. The highest BCUT2D eigenvalue weighted by atomic mass is 16.5. The molecule has 2 aromatic carbocycles. The van der Waals surface area contributed by atoms with Crippen molar-refractivity contribution in [2.24, 2.45) is 0 Å². The van der Waals surface area contributed by atoms with Gasteiger partial charge < -0.3 is 14.7 Å². The van der Waals surface area contributed by atoms with Crippen molar-refractivity contribution in [3.63, 3.8) is 0 Å². The lowest BCUT2D eigenvalue weighted by Gasteiger charge is -2.31. The highest BCUT2D eigenvalue weighted by Gasteiger charge is 2.23. The number of aliphatic hydroxyl groups is 1. The smallest absolute Gasteiger partial charge is 0.253 e. The molecule has 2 aromatic rings. The molecule has 1 fully saturated rings. The van der Waals surface area contributed by atoms with Crippen molar-refractivity contribution in [1.82, 2.24) is 4.90 Å². The van der Waals surface area contributed by atoms with E-state index >= 15 is 0 Å². The minimum absolute atomic E-state index is 0.0784. The molecule has 3 rings (SSSR count). The Balaban J connectivity index is 1.85. The first-order valence-electron chi connectivity index (χ1n) is 9.29. The van der Waals surface area contributed by atoms with E-state index in [2.05, 4.69) is 0 Å². The highest BCUT2D eigenvalue weighted by molar-refractivity contribution is 5.95. The predicted octanol–water partition coefficient (Wildman–Crippen LogP) is 4.26. The Morgan fingerprint density at radius 2 is 1.85 bits per heavy atom. The number of hydrogen-bond donors (Lipinski definition) is 1. The van der Waals surface area contributed by atoms with Crippen LogP contribution in [0, 0.1) is 0 Å². The van der Waals surface area contributed by atoms with Gasteiger partial charge in [-0.05, 0) is 48.2 Å². The first kappa shape index (κ1) is 18.5. The Morgan fingerprint density at radius 3 is 2.54 bits per heavy atom. The lowest BCUT2D eigenvalue weighted by Crippen LogP contribution is -2.38. The zero-order valence-electron chi connectivity index (χ0n) is 15.6. The molecule has 138 valence electrons. The molecule has 0 spiro atoms. The minimum Gasteiger partial charge on any atom is -0.496 e. The van der Waals surface area contributed by atoms with Crippen LogP contribution in [0.2, 0.25) is 0 Å². The van der Waals surface area contributed by atoms with Crippen LogP contribution >= 0.6 is 0 Å². The molecular formula is C22H27NO3. The molecular weight excluding hydrogens is 326 g/mol. The van der Waals surface area contributed by atoms with Gasteiger partial charge in [-0.2, -0.15) is 0 Å². The van der Waals surface area contributed by atoms with Crippen molar-refractivity contribution in [3.05, 3.63) is 53.6 Å². The normalized spacial score (nSPS) is 14.9. The van der Waals surface area contributed by atoms with Crippen molar-refractivity contribution in [2.45, 2.75) is 44.8 Å². The summed E-state index contributed by atoms with van der Waals surface area (Å²) in [5.41, 5.74) is 3.37. The molecule has 1 aliphatic rings. The van der Waals surface area contributed by atoms with Gasteiger partial charge in [-0.1, -0.05) is 37.5 Å². The van der Waals surface area contributed by atoms with Gasteiger partial charge in [0.1, 0.15) is 5.75 Å². The third-order valence-electron chi connectivity index (χ3n) is 5.34. The van der Waals surface area contributed by atoms with Crippen molar-refractivity contribution < 1.29 is 14.6 Å². The van der Waals surface area contributed by atoms with Gasteiger partial charge in [-0.15, -0.1) is 0 Å². The van der Waals surface area contributed by atoms with Gasteiger partial charge in [-0.25, -0.2) is 0 Å². The molecule has 4 nitrogen and oxygen atoms in total. The molecule has 1 N–H and O–H groups in total. The molecule has 1 amide bonds. The fraction of sp³-hybridized carbons (Fsp3) is 0.409. The number of aliphatic hydroxyl groups excluding tert-OH is 1. The topological polar surface area (TPSA) is 49.8 Å². The second kappa shape index (κ2) is 8.37. The van der Waals surface area contributed by atoms with Crippen LogP contribution in [0.3, 0.4) is 0 Å². The highest BCUT2D eigenvalue weighted by Crippen LogP contribution is 2.28. The lowest BCUT2D eigenvalue weighted by molar-refractivity contribution is 0.0696. The maximum Gasteiger partial charge on any atom is 0.253 e. The molecule has 26 heavy (non-hydrogen) atoms. The standard InChI is InChI=1S/C22H27NO3/c1-23(20-9-4-3-5-10-20)22(25)18-8-6-7-16(13-18)17-11-12-21(26-2)19(14-17)15-24/h6-8,11-14,20,24H,3-5,9-10,15H2,1-2H3. The van der Waals surface area contributed by atoms with E-state index in [4.69, 9.17) is 4.74 Å².